The number of hydrogen-bond acceptors (Lipinski definition) is 4. The van der Waals surface area contributed by atoms with Crippen molar-refractivity contribution in [2.24, 2.45) is 0 Å². The standard InChI is InChI=1S/C18H20FN3OS/c1-10-5-6-11(7-12(10)19)22-8-13(23)15(16(22)20)17-21-14(9-24-17)18(2,3)4/h5-7,9,20,23H,8H2,1-4H3. The molecule has 4 nitrogen and oxygen atoms in total. The van der Waals surface area contributed by atoms with Crippen LogP contribution in [0.1, 0.15) is 37.0 Å². The Morgan fingerprint density at radius 1 is 1.33 bits per heavy atom. The molecule has 0 aliphatic carbocycles. The van der Waals surface area contributed by atoms with Crippen LogP contribution in [0.15, 0.2) is 29.3 Å². The lowest BCUT2D eigenvalue weighted by atomic mass is 9.93. The van der Waals surface area contributed by atoms with Crippen LogP contribution in [-0.2, 0) is 5.41 Å². The summed E-state index contributed by atoms with van der Waals surface area (Å²) in [6.45, 7) is 8.06. The topological polar surface area (TPSA) is 60.2 Å². The SMILES string of the molecule is Cc1ccc(N2CC(O)=C(c3nc(C(C)(C)C)cs3)C2=N)cc1F. The van der Waals surface area contributed by atoms with Gasteiger partial charge < -0.3 is 10.0 Å². The summed E-state index contributed by atoms with van der Waals surface area (Å²) < 4.78 is 13.8. The maximum Gasteiger partial charge on any atom is 0.139 e. The monoisotopic (exact) mass is 345 g/mol. The number of halogens is 1. The van der Waals surface area contributed by atoms with E-state index in [0.29, 0.717) is 21.8 Å². The summed E-state index contributed by atoms with van der Waals surface area (Å²) in [6, 6.07) is 4.82. The fourth-order valence-electron chi connectivity index (χ4n) is 2.51. The Morgan fingerprint density at radius 3 is 2.62 bits per heavy atom. The van der Waals surface area contributed by atoms with Gasteiger partial charge in [0, 0.05) is 16.5 Å². The van der Waals surface area contributed by atoms with Gasteiger partial charge in [0.15, 0.2) is 0 Å². The minimum Gasteiger partial charge on any atom is -0.510 e. The molecule has 0 amide bonds. The van der Waals surface area contributed by atoms with Crippen LogP contribution in [0.3, 0.4) is 0 Å². The number of aryl methyl sites for hydroxylation is 1. The van der Waals surface area contributed by atoms with Gasteiger partial charge in [-0.05, 0) is 24.6 Å². The molecule has 1 aliphatic heterocycles. The van der Waals surface area contributed by atoms with Crippen molar-refractivity contribution >= 4 is 28.4 Å². The Kier molecular flexibility index (Phi) is 3.95. The van der Waals surface area contributed by atoms with E-state index in [2.05, 4.69) is 25.8 Å². The molecule has 0 atom stereocenters. The van der Waals surface area contributed by atoms with E-state index in [9.17, 15) is 9.50 Å². The number of thiazole rings is 1. The van der Waals surface area contributed by atoms with Gasteiger partial charge in [-0.1, -0.05) is 26.8 Å². The third-order valence-corrected chi connectivity index (χ3v) is 4.92. The lowest BCUT2D eigenvalue weighted by molar-refractivity contribution is 0.411. The molecule has 126 valence electrons. The molecule has 1 aliphatic rings. The van der Waals surface area contributed by atoms with E-state index in [1.165, 1.54) is 17.4 Å². The van der Waals surface area contributed by atoms with Gasteiger partial charge in [0.1, 0.15) is 22.4 Å². The normalized spacial score (nSPS) is 15.5. The van der Waals surface area contributed by atoms with Gasteiger partial charge in [0.25, 0.3) is 0 Å². The Labute approximate surface area is 144 Å². The van der Waals surface area contributed by atoms with Crippen LogP contribution in [0.4, 0.5) is 10.1 Å². The summed E-state index contributed by atoms with van der Waals surface area (Å²) in [4.78, 5) is 6.17. The average molecular weight is 345 g/mol. The third-order valence-electron chi connectivity index (χ3n) is 4.06. The zero-order chi connectivity index (χ0) is 17.6. The Morgan fingerprint density at radius 2 is 2.04 bits per heavy atom. The van der Waals surface area contributed by atoms with E-state index in [0.717, 1.165) is 5.69 Å². The minimum atomic E-state index is -0.322. The molecule has 1 aromatic carbocycles. The lowest BCUT2D eigenvalue weighted by Gasteiger charge is -2.19. The molecule has 0 saturated carbocycles. The second kappa shape index (κ2) is 5.70. The van der Waals surface area contributed by atoms with Crippen LogP contribution in [0, 0.1) is 18.2 Å². The van der Waals surface area contributed by atoms with Crippen molar-refractivity contribution in [2.75, 3.05) is 11.4 Å². The highest BCUT2D eigenvalue weighted by molar-refractivity contribution is 7.11. The molecular weight excluding hydrogens is 325 g/mol. The first-order valence-electron chi connectivity index (χ1n) is 7.69. The van der Waals surface area contributed by atoms with Crippen molar-refractivity contribution in [1.82, 2.24) is 4.98 Å². The number of aliphatic hydroxyl groups excluding tert-OH is 1. The number of aromatic nitrogens is 1. The second-order valence-electron chi connectivity index (χ2n) is 6.98. The van der Waals surface area contributed by atoms with Crippen molar-refractivity contribution in [1.29, 1.82) is 5.41 Å². The van der Waals surface area contributed by atoms with Crippen molar-refractivity contribution < 1.29 is 9.50 Å². The third kappa shape index (κ3) is 2.82. The summed E-state index contributed by atoms with van der Waals surface area (Å²) >= 11 is 1.41. The van der Waals surface area contributed by atoms with Gasteiger partial charge in [0.2, 0.25) is 0 Å². The van der Waals surface area contributed by atoms with Gasteiger partial charge in [-0.15, -0.1) is 11.3 Å². The number of nitrogens with zero attached hydrogens (tertiary/aromatic N) is 2. The quantitative estimate of drug-likeness (QED) is 0.832. The largest absolute Gasteiger partial charge is 0.510 e. The first-order valence-corrected chi connectivity index (χ1v) is 8.57. The van der Waals surface area contributed by atoms with Gasteiger partial charge in [0.05, 0.1) is 17.8 Å². The summed E-state index contributed by atoms with van der Waals surface area (Å²) in [5.74, 6) is -0.0844. The average Bonchev–Trinajstić information content (AvgIpc) is 3.07. The number of aliphatic hydroxyl groups is 1. The van der Waals surface area contributed by atoms with Crippen LogP contribution in [0.25, 0.3) is 5.57 Å². The van der Waals surface area contributed by atoms with E-state index in [4.69, 9.17) is 5.41 Å². The van der Waals surface area contributed by atoms with Gasteiger partial charge in [-0.3, -0.25) is 5.41 Å². The van der Waals surface area contributed by atoms with Gasteiger partial charge in [-0.25, -0.2) is 9.37 Å². The fraction of sp³-hybridized carbons (Fsp3) is 0.333. The van der Waals surface area contributed by atoms with Crippen LogP contribution in [0.2, 0.25) is 0 Å². The lowest BCUT2D eigenvalue weighted by Crippen LogP contribution is -2.26. The summed E-state index contributed by atoms with van der Waals surface area (Å²) in [7, 11) is 0. The maximum atomic E-state index is 13.8. The molecule has 1 aromatic heterocycles. The molecule has 24 heavy (non-hydrogen) atoms. The number of nitrogens with one attached hydrogen (secondary N) is 1. The molecule has 2 aromatic rings. The molecule has 0 radical (unpaired) electrons. The predicted molar refractivity (Wildman–Crippen MR) is 96.6 cm³/mol. The molecule has 0 spiro atoms. The first-order chi connectivity index (χ1) is 11.2. The number of hydrogen-bond donors (Lipinski definition) is 2. The Balaban J connectivity index is 1.93. The van der Waals surface area contributed by atoms with E-state index in [-0.39, 0.29) is 29.4 Å². The van der Waals surface area contributed by atoms with Gasteiger partial charge in [-0.2, -0.15) is 0 Å². The van der Waals surface area contributed by atoms with Crippen molar-refractivity contribution in [2.45, 2.75) is 33.1 Å². The Bertz CT molecular complexity index is 848. The van der Waals surface area contributed by atoms with E-state index in [1.807, 2.05) is 5.38 Å². The molecular formula is C18H20FN3OS. The van der Waals surface area contributed by atoms with Crippen molar-refractivity contribution in [3.05, 3.63) is 51.4 Å². The van der Waals surface area contributed by atoms with E-state index >= 15 is 0 Å². The van der Waals surface area contributed by atoms with E-state index in [1.54, 1.807) is 24.0 Å². The molecule has 0 fully saturated rings. The van der Waals surface area contributed by atoms with E-state index < -0.39 is 0 Å². The molecule has 0 saturated heterocycles. The van der Waals surface area contributed by atoms with Crippen LogP contribution in [0.5, 0.6) is 0 Å². The van der Waals surface area contributed by atoms with Crippen molar-refractivity contribution in [3.63, 3.8) is 0 Å². The summed E-state index contributed by atoms with van der Waals surface area (Å²) in [6.07, 6.45) is 0. The number of benzene rings is 1. The van der Waals surface area contributed by atoms with Gasteiger partial charge >= 0.3 is 0 Å². The second-order valence-corrected chi connectivity index (χ2v) is 7.84. The smallest absolute Gasteiger partial charge is 0.139 e. The molecule has 0 unspecified atom stereocenters. The molecule has 0 bridgehead atoms. The fourth-order valence-corrected chi connectivity index (χ4v) is 3.62. The zero-order valence-corrected chi connectivity index (χ0v) is 15.0. The van der Waals surface area contributed by atoms with Crippen molar-refractivity contribution in [3.8, 4) is 0 Å². The maximum absolute atomic E-state index is 13.8. The Hall–Kier alpha value is -2.21. The highest BCUT2D eigenvalue weighted by Gasteiger charge is 2.32. The predicted octanol–water partition coefficient (Wildman–Crippen LogP) is 4.65. The number of rotatable bonds is 2. The molecule has 6 heteroatoms. The molecule has 2 N–H and O–H groups in total. The zero-order valence-electron chi connectivity index (χ0n) is 14.1. The summed E-state index contributed by atoms with van der Waals surface area (Å²) in [5, 5.41) is 21.3. The highest BCUT2D eigenvalue weighted by atomic mass is 32.1. The summed E-state index contributed by atoms with van der Waals surface area (Å²) in [5.41, 5.74) is 2.37. The first kappa shape index (κ1) is 16.6. The highest BCUT2D eigenvalue weighted by Crippen LogP contribution is 2.34. The van der Waals surface area contributed by atoms with Crippen LogP contribution >= 0.6 is 11.3 Å². The molecule has 3 rings (SSSR count). The number of amidine groups is 1. The minimum absolute atomic E-state index is 0.0918. The molecule has 2 heterocycles. The van der Waals surface area contributed by atoms with Crippen LogP contribution < -0.4 is 4.90 Å². The number of anilines is 1. The van der Waals surface area contributed by atoms with Crippen LogP contribution in [-0.4, -0.2) is 22.5 Å².